The third-order valence-corrected chi connectivity index (χ3v) is 1.51. The van der Waals surface area contributed by atoms with Gasteiger partial charge in [0, 0.05) is 11.6 Å². The second kappa shape index (κ2) is 6.30. The van der Waals surface area contributed by atoms with Crippen LogP contribution < -0.4 is 0 Å². The summed E-state index contributed by atoms with van der Waals surface area (Å²) in [5.74, 6) is 0. The standard InChI is InChI=1S/C9H7N.FH.H3O4P/c1-2-6-9-8(4-1)5-3-7-10-9;;1-5(2,3)4/h1-7H;1H;(H3,1,2,3,4). The average molecular weight is 247 g/mol. The van der Waals surface area contributed by atoms with Gasteiger partial charge < -0.3 is 14.7 Å². The largest absolute Gasteiger partial charge is 0.466 e. The Bertz CT molecular complexity index is 414. The number of nitrogens with zero attached hydrogens (tertiary/aromatic N) is 1. The highest BCUT2D eigenvalue weighted by Crippen LogP contribution is 2.25. The number of rotatable bonds is 0. The molecule has 0 saturated heterocycles. The molecule has 0 unspecified atom stereocenters. The Labute approximate surface area is 91.0 Å². The van der Waals surface area contributed by atoms with Crippen molar-refractivity contribution in [3.05, 3.63) is 42.6 Å². The lowest BCUT2D eigenvalue weighted by atomic mass is 10.2. The molecule has 0 saturated carbocycles. The van der Waals surface area contributed by atoms with Crippen molar-refractivity contribution in [2.45, 2.75) is 0 Å². The first-order valence-electron chi connectivity index (χ1n) is 4.05. The molecule has 1 heterocycles. The van der Waals surface area contributed by atoms with Crippen LogP contribution in [-0.4, -0.2) is 19.7 Å². The molecule has 2 aromatic rings. The fraction of sp³-hybridized carbons (Fsp3) is 0. The van der Waals surface area contributed by atoms with Crippen LogP contribution in [0.25, 0.3) is 10.9 Å². The summed E-state index contributed by atoms with van der Waals surface area (Å²) in [6.07, 6.45) is 1.81. The van der Waals surface area contributed by atoms with Gasteiger partial charge in [0.1, 0.15) is 0 Å². The van der Waals surface area contributed by atoms with Gasteiger partial charge in [0.05, 0.1) is 5.52 Å². The minimum absolute atomic E-state index is 0. The predicted octanol–water partition coefficient (Wildman–Crippen LogP) is 1.46. The topological polar surface area (TPSA) is 90.7 Å². The van der Waals surface area contributed by atoms with Crippen molar-refractivity contribution < 1.29 is 23.9 Å². The highest BCUT2D eigenvalue weighted by atomic mass is 31.2. The van der Waals surface area contributed by atoms with Crippen LogP contribution in [0.4, 0.5) is 4.70 Å². The third kappa shape index (κ3) is 6.21. The van der Waals surface area contributed by atoms with Gasteiger partial charge in [-0.15, -0.1) is 0 Å². The quantitative estimate of drug-likeness (QED) is 0.613. The second-order valence-corrected chi connectivity index (χ2v) is 3.74. The summed E-state index contributed by atoms with van der Waals surface area (Å²) in [4.78, 5) is 25.7. The zero-order valence-corrected chi connectivity index (χ0v) is 8.99. The van der Waals surface area contributed by atoms with Gasteiger partial charge in [0.25, 0.3) is 0 Å². The van der Waals surface area contributed by atoms with Crippen LogP contribution in [-0.2, 0) is 4.57 Å². The Morgan fingerprint density at radius 3 is 2.06 bits per heavy atom. The van der Waals surface area contributed by atoms with Crippen molar-refractivity contribution in [2.75, 3.05) is 0 Å². The lowest BCUT2D eigenvalue weighted by Gasteiger charge is -1.91. The van der Waals surface area contributed by atoms with E-state index in [1.165, 1.54) is 5.39 Å². The predicted molar refractivity (Wildman–Crippen MR) is 58.5 cm³/mol. The van der Waals surface area contributed by atoms with Gasteiger partial charge in [-0.3, -0.25) is 9.69 Å². The molecule has 2 rings (SSSR count). The smallest absolute Gasteiger partial charge is 0.303 e. The van der Waals surface area contributed by atoms with Crippen LogP contribution in [0, 0.1) is 0 Å². The van der Waals surface area contributed by atoms with Gasteiger partial charge in [-0.25, -0.2) is 4.57 Å². The van der Waals surface area contributed by atoms with Crippen LogP contribution in [0.2, 0.25) is 0 Å². The van der Waals surface area contributed by atoms with E-state index in [0.717, 1.165) is 5.52 Å². The van der Waals surface area contributed by atoms with Gasteiger partial charge in [-0.2, -0.15) is 0 Å². The zero-order chi connectivity index (χ0) is 11.3. The monoisotopic (exact) mass is 247 g/mol. The van der Waals surface area contributed by atoms with E-state index in [1.807, 2.05) is 30.5 Å². The zero-order valence-electron chi connectivity index (χ0n) is 8.09. The molecule has 3 N–H and O–H groups in total. The maximum Gasteiger partial charge on any atom is 0.466 e. The van der Waals surface area contributed by atoms with Gasteiger partial charge >= 0.3 is 7.82 Å². The number of aromatic nitrogens is 1. The summed E-state index contributed by atoms with van der Waals surface area (Å²) in [6, 6.07) is 12.1. The van der Waals surface area contributed by atoms with Crippen molar-refractivity contribution in [3.63, 3.8) is 0 Å². The van der Waals surface area contributed by atoms with Gasteiger partial charge in [0.15, 0.2) is 0 Å². The first-order chi connectivity index (χ1) is 6.97. The van der Waals surface area contributed by atoms with Gasteiger partial charge in [-0.1, -0.05) is 24.3 Å². The van der Waals surface area contributed by atoms with E-state index in [1.54, 1.807) is 0 Å². The molecule has 0 fully saturated rings. The number of phosphoric acid groups is 1. The summed E-state index contributed by atoms with van der Waals surface area (Å²) in [6.45, 7) is 0. The Morgan fingerprint density at radius 1 is 1.00 bits per heavy atom. The SMILES string of the molecule is F.O=P(O)(O)O.c1ccc2ncccc2c1. The Hall–Kier alpha value is -1.33. The van der Waals surface area contributed by atoms with Gasteiger partial charge in [-0.05, 0) is 12.1 Å². The Kier molecular flexibility index (Phi) is 5.77. The molecule has 0 spiro atoms. The molecule has 0 radical (unpaired) electrons. The summed E-state index contributed by atoms with van der Waals surface area (Å²) in [7, 11) is -4.64. The van der Waals surface area contributed by atoms with Crippen molar-refractivity contribution in [2.24, 2.45) is 0 Å². The van der Waals surface area contributed by atoms with E-state index in [-0.39, 0.29) is 4.70 Å². The second-order valence-electron chi connectivity index (χ2n) is 2.71. The number of pyridine rings is 1. The first-order valence-corrected chi connectivity index (χ1v) is 5.61. The fourth-order valence-corrected chi connectivity index (χ4v) is 1.02. The molecule has 0 atom stereocenters. The van der Waals surface area contributed by atoms with Crippen molar-refractivity contribution in [3.8, 4) is 0 Å². The molecule has 0 aliphatic heterocycles. The molecule has 88 valence electrons. The normalized spacial score (nSPS) is 9.94. The maximum atomic E-state index is 8.88. The molecule has 16 heavy (non-hydrogen) atoms. The Morgan fingerprint density at radius 2 is 1.50 bits per heavy atom. The van der Waals surface area contributed by atoms with E-state index < -0.39 is 7.82 Å². The number of hydrogen-bond acceptors (Lipinski definition) is 2. The molecule has 1 aromatic carbocycles. The average Bonchev–Trinajstić information content (AvgIpc) is 2.16. The summed E-state index contributed by atoms with van der Waals surface area (Å²) in [5.41, 5.74) is 1.06. The summed E-state index contributed by atoms with van der Waals surface area (Å²) in [5, 5.41) is 1.20. The first kappa shape index (κ1) is 14.7. The minimum Gasteiger partial charge on any atom is -0.303 e. The minimum atomic E-state index is -4.64. The molecular formula is C9H11FNO4P. The molecule has 1 aromatic heterocycles. The number of para-hydroxylation sites is 1. The van der Waals surface area contributed by atoms with Crippen LogP contribution in [0.5, 0.6) is 0 Å². The molecule has 5 nitrogen and oxygen atoms in total. The van der Waals surface area contributed by atoms with Crippen LogP contribution >= 0.6 is 7.82 Å². The molecule has 0 aliphatic rings. The van der Waals surface area contributed by atoms with E-state index >= 15 is 0 Å². The number of halogens is 1. The van der Waals surface area contributed by atoms with Crippen molar-refractivity contribution in [1.82, 2.24) is 4.98 Å². The molecule has 0 aliphatic carbocycles. The van der Waals surface area contributed by atoms with Crippen LogP contribution in [0.3, 0.4) is 0 Å². The third-order valence-electron chi connectivity index (χ3n) is 1.51. The molecular weight excluding hydrogens is 236 g/mol. The van der Waals surface area contributed by atoms with Crippen molar-refractivity contribution in [1.29, 1.82) is 0 Å². The van der Waals surface area contributed by atoms with E-state index in [9.17, 15) is 0 Å². The number of hydrogen-bond donors (Lipinski definition) is 3. The fourth-order valence-electron chi connectivity index (χ4n) is 1.02. The lowest BCUT2D eigenvalue weighted by molar-refractivity contribution is 0.275. The van der Waals surface area contributed by atoms with Crippen molar-refractivity contribution >= 4 is 18.7 Å². The van der Waals surface area contributed by atoms with Crippen LogP contribution in [0.15, 0.2) is 42.6 Å². The van der Waals surface area contributed by atoms with Gasteiger partial charge in [0.2, 0.25) is 0 Å². The number of fused-ring (bicyclic) bond motifs is 1. The molecule has 0 amide bonds. The van der Waals surface area contributed by atoms with E-state index in [4.69, 9.17) is 19.2 Å². The van der Waals surface area contributed by atoms with E-state index in [2.05, 4.69) is 17.1 Å². The summed E-state index contributed by atoms with van der Waals surface area (Å²) < 4.78 is 8.88. The molecule has 7 heteroatoms. The van der Waals surface area contributed by atoms with Crippen LogP contribution in [0.1, 0.15) is 0 Å². The summed E-state index contributed by atoms with van der Waals surface area (Å²) >= 11 is 0. The highest BCUT2D eigenvalue weighted by molar-refractivity contribution is 7.45. The molecule has 0 bridgehead atoms. The number of benzene rings is 1. The Balaban J connectivity index is 0.000000330. The maximum absolute atomic E-state index is 8.88. The van der Waals surface area contributed by atoms with E-state index in [0.29, 0.717) is 0 Å². The lowest BCUT2D eigenvalue weighted by Crippen LogP contribution is -1.73. The highest BCUT2D eigenvalue weighted by Gasteiger charge is 2.00.